The summed E-state index contributed by atoms with van der Waals surface area (Å²) in [6.07, 6.45) is 10.1. The van der Waals surface area contributed by atoms with Crippen molar-refractivity contribution in [1.82, 2.24) is 15.5 Å². The van der Waals surface area contributed by atoms with Gasteiger partial charge in [-0.15, -0.1) is 0 Å². The number of piperidine rings is 2. The van der Waals surface area contributed by atoms with Gasteiger partial charge in [0, 0.05) is 45.0 Å². The number of halogens is 2. The van der Waals surface area contributed by atoms with Crippen LogP contribution in [0.4, 0.5) is 9.18 Å². The number of urea groups is 1. The van der Waals surface area contributed by atoms with Crippen LogP contribution in [0.2, 0.25) is 5.02 Å². The molecule has 0 radical (unpaired) electrons. The molecule has 4 atom stereocenters. The number of nitrogens with two attached hydrogens (primary N) is 1. The first-order valence-electron chi connectivity index (χ1n) is 14.5. The van der Waals surface area contributed by atoms with Gasteiger partial charge in [-0.1, -0.05) is 55.8 Å². The van der Waals surface area contributed by atoms with Crippen molar-refractivity contribution in [2.45, 2.75) is 87.8 Å². The second-order valence-corrected chi connectivity index (χ2v) is 12.1. The highest BCUT2D eigenvalue weighted by molar-refractivity contribution is 6.30. The van der Waals surface area contributed by atoms with E-state index in [2.05, 4.69) is 10.6 Å². The molecule has 0 aromatic heterocycles. The lowest BCUT2D eigenvalue weighted by molar-refractivity contribution is -0.0766. The highest BCUT2D eigenvalue weighted by atomic mass is 35.5. The van der Waals surface area contributed by atoms with Gasteiger partial charge in [0.1, 0.15) is 11.4 Å². The Morgan fingerprint density at radius 3 is 2.84 bits per heavy atom. The first kappa shape index (κ1) is 29.5. The Bertz CT molecular complexity index is 933. The zero-order chi connectivity index (χ0) is 27.2. The van der Waals surface area contributed by atoms with E-state index in [0.29, 0.717) is 50.7 Å². The van der Waals surface area contributed by atoms with Gasteiger partial charge in [0.05, 0.1) is 10.6 Å². The molecule has 38 heavy (non-hydrogen) atoms. The second kappa shape index (κ2) is 13.3. The van der Waals surface area contributed by atoms with Crippen molar-refractivity contribution in [2.24, 2.45) is 17.6 Å². The lowest BCUT2D eigenvalue weighted by Crippen LogP contribution is -2.68. The molecule has 214 valence electrons. The molecule has 1 aromatic rings. The molecule has 1 aromatic carbocycles. The number of carbonyl (C=O) groups is 1. The van der Waals surface area contributed by atoms with E-state index < -0.39 is 17.0 Å². The number of carbonyl (C=O) groups excluding carboxylic acids is 1. The lowest BCUT2D eigenvalue weighted by atomic mass is 9.68. The molecule has 2 heterocycles. The Kier molecular flexibility index (Phi) is 10.3. The number of ether oxygens (including phenoxy) is 1. The molecule has 0 spiro atoms. The lowest BCUT2D eigenvalue weighted by Gasteiger charge is -2.51. The van der Waals surface area contributed by atoms with Gasteiger partial charge in [-0.3, -0.25) is 0 Å². The van der Waals surface area contributed by atoms with Crippen LogP contribution < -0.4 is 16.4 Å². The maximum Gasteiger partial charge on any atom is 0.317 e. The van der Waals surface area contributed by atoms with Gasteiger partial charge < -0.3 is 31.1 Å². The van der Waals surface area contributed by atoms with Crippen LogP contribution >= 0.6 is 11.6 Å². The molecule has 2 aliphatic heterocycles. The molecule has 0 unspecified atom stereocenters. The maximum absolute atomic E-state index is 15.3. The van der Waals surface area contributed by atoms with Crippen molar-refractivity contribution < 1.29 is 19.0 Å². The van der Waals surface area contributed by atoms with Crippen LogP contribution in [0.5, 0.6) is 0 Å². The number of nitrogens with zero attached hydrogens (tertiary/aromatic N) is 1. The van der Waals surface area contributed by atoms with Crippen molar-refractivity contribution in [3.05, 3.63) is 34.6 Å². The van der Waals surface area contributed by atoms with Gasteiger partial charge in [0.15, 0.2) is 0 Å². The van der Waals surface area contributed by atoms with Crippen LogP contribution in [0.15, 0.2) is 18.2 Å². The van der Waals surface area contributed by atoms with E-state index in [1.54, 1.807) is 24.1 Å². The quantitative estimate of drug-likeness (QED) is 0.337. The summed E-state index contributed by atoms with van der Waals surface area (Å²) in [6, 6.07) is 4.59. The minimum Gasteiger partial charge on any atom is -0.385 e. The molecule has 2 amide bonds. The Morgan fingerprint density at radius 1 is 1.29 bits per heavy atom. The van der Waals surface area contributed by atoms with E-state index in [4.69, 9.17) is 22.1 Å². The number of methoxy groups -OCH3 is 1. The zero-order valence-electron chi connectivity index (χ0n) is 22.8. The fourth-order valence-electron chi connectivity index (χ4n) is 7.11. The topological polar surface area (TPSA) is 99.9 Å². The molecule has 7 nitrogen and oxygen atoms in total. The van der Waals surface area contributed by atoms with E-state index in [9.17, 15) is 9.90 Å². The number of unbranched alkanes of at least 4 members (excludes halogenated alkanes) is 1. The van der Waals surface area contributed by atoms with Crippen LogP contribution in [-0.2, 0) is 10.3 Å². The maximum atomic E-state index is 15.3. The summed E-state index contributed by atoms with van der Waals surface area (Å²) in [4.78, 5) is 15.3. The van der Waals surface area contributed by atoms with E-state index in [1.165, 1.54) is 38.2 Å². The summed E-state index contributed by atoms with van der Waals surface area (Å²) < 4.78 is 20.5. The SMILES string of the molecule is COCCCC[C@@](O)(c1cccc(Cl)c1F)[C@]1(N)CCCN(C(=O)N[C@@H]2CNCC[C@H]2C2CCCCC2)C1. The minimum absolute atomic E-state index is 0.0506. The van der Waals surface area contributed by atoms with E-state index in [-0.39, 0.29) is 35.6 Å². The molecular formula is C29H46ClFN4O3. The normalized spacial score (nSPS) is 28.6. The number of nitrogens with one attached hydrogen (secondary N) is 2. The number of rotatable bonds is 9. The summed E-state index contributed by atoms with van der Waals surface area (Å²) >= 11 is 6.13. The van der Waals surface area contributed by atoms with Gasteiger partial charge >= 0.3 is 6.03 Å². The molecular weight excluding hydrogens is 507 g/mol. The predicted molar refractivity (Wildman–Crippen MR) is 149 cm³/mol. The minimum atomic E-state index is -1.69. The fraction of sp³-hybridized carbons (Fsp3) is 0.759. The number of aliphatic hydroxyl groups is 1. The number of amides is 2. The Balaban J connectivity index is 1.52. The molecule has 5 N–H and O–H groups in total. The molecule has 1 aliphatic carbocycles. The molecule has 4 rings (SSSR count). The summed E-state index contributed by atoms with van der Waals surface area (Å²) in [5.41, 5.74) is 4.17. The largest absolute Gasteiger partial charge is 0.385 e. The van der Waals surface area contributed by atoms with Gasteiger partial charge in [0.2, 0.25) is 0 Å². The third-order valence-corrected chi connectivity index (χ3v) is 9.56. The van der Waals surface area contributed by atoms with Crippen molar-refractivity contribution in [1.29, 1.82) is 0 Å². The summed E-state index contributed by atoms with van der Waals surface area (Å²) in [5.74, 6) is 0.485. The molecule has 2 saturated heterocycles. The number of benzene rings is 1. The summed E-state index contributed by atoms with van der Waals surface area (Å²) in [5, 5.41) is 18.9. The van der Waals surface area contributed by atoms with E-state index in [1.807, 2.05) is 0 Å². The van der Waals surface area contributed by atoms with Crippen molar-refractivity contribution in [3.63, 3.8) is 0 Å². The second-order valence-electron chi connectivity index (χ2n) is 11.7. The first-order valence-corrected chi connectivity index (χ1v) is 14.9. The van der Waals surface area contributed by atoms with Crippen molar-refractivity contribution in [2.75, 3.05) is 39.9 Å². The monoisotopic (exact) mass is 552 g/mol. The van der Waals surface area contributed by atoms with Gasteiger partial charge in [0.25, 0.3) is 0 Å². The molecule has 3 aliphatic rings. The average Bonchev–Trinajstić information content (AvgIpc) is 2.93. The third kappa shape index (κ3) is 6.47. The molecule has 3 fully saturated rings. The van der Waals surface area contributed by atoms with E-state index in [0.717, 1.165) is 19.5 Å². The number of hydrogen-bond acceptors (Lipinski definition) is 5. The highest BCUT2D eigenvalue weighted by Crippen LogP contribution is 2.43. The van der Waals surface area contributed by atoms with Gasteiger partial charge in [-0.2, -0.15) is 0 Å². The summed E-state index contributed by atoms with van der Waals surface area (Å²) in [6.45, 7) is 2.99. The fourth-order valence-corrected chi connectivity index (χ4v) is 7.29. The van der Waals surface area contributed by atoms with Crippen LogP contribution in [0.3, 0.4) is 0 Å². The number of hydrogen-bond donors (Lipinski definition) is 4. The predicted octanol–water partition coefficient (Wildman–Crippen LogP) is 4.54. The van der Waals surface area contributed by atoms with Crippen LogP contribution in [0, 0.1) is 17.7 Å². The highest BCUT2D eigenvalue weighted by Gasteiger charge is 2.52. The average molecular weight is 553 g/mol. The first-order chi connectivity index (χ1) is 18.3. The van der Waals surface area contributed by atoms with Crippen LogP contribution in [-0.4, -0.2) is 67.5 Å². The third-order valence-electron chi connectivity index (χ3n) is 9.27. The molecule has 9 heteroatoms. The van der Waals surface area contributed by atoms with Gasteiger partial charge in [-0.05, 0) is 63.0 Å². The Morgan fingerprint density at radius 2 is 2.08 bits per heavy atom. The van der Waals surface area contributed by atoms with E-state index >= 15 is 4.39 Å². The molecule has 1 saturated carbocycles. The summed E-state index contributed by atoms with van der Waals surface area (Å²) in [7, 11) is 1.63. The van der Waals surface area contributed by atoms with Crippen molar-refractivity contribution in [3.8, 4) is 0 Å². The Hall–Kier alpha value is -1.45. The van der Waals surface area contributed by atoms with Crippen LogP contribution in [0.25, 0.3) is 0 Å². The Labute approximate surface area is 232 Å². The van der Waals surface area contributed by atoms with Gasteiger partial charge in [-0.25, -0.2) is 9.18 Å². The standard InChI is InChI=1S/C29H46ClFN4O3/c1-38-18-6-5-15-29(37,23-11-7-12-24(30)26(23)31)28(32)14-8-17-35(20-28)27(36)34-25-19-33-16-13-22(25)21-9-3-2-4-10-21/h7,11-12,21-22,25,33,37H,2-6,8-10,13-20,32H2,1H3,(H,34,36)/t22-,25+,28-,29+/m0/s1. The zero-order valence-corrected chi connectivity index (χ0v) is 23.6. The number of likely N-dealkylation sites (tertiary alicyclic amines) is 1. The van der Waals surface area contributed by atoms with Crippen LogP contribution in [0.1, 0.15) is 76.2 Å². The smallest absolute Gasteiger partial charge is 0.317 e. The van der Waals surface area contributed by atoms with Crippen molar-refractivity contribution >= 4 is 17.6 Å². The molecule has 0 bridgehead atoms.